The summed E-state index contributed by atoms with van der Waals surface area (Å²) in [5, 5.41) is 7.44. The molecule has 0 spiro atoms. The Morgan fingerprint density at radius 3 is 3.05 bits per heavy atom. The molecule has 0 aliphatic carbocycles. The van der Waals surface area contributed by atoms with Crippen LogP contribution in [0.4, 0.5) is 5.69 Å². The Balaban J connectivity index is 2.21. The van der Waals surface area contributed by atoms with Gasteiger partial charge in [-0.25, -0.2) is 0 Å². The number of carbonyl (C=O) groups is 1. The molecule has 5 nitrogen and oxygen atoms in total. The number of hydrogen-bond donors (Lipinski definition) is 2. The molecule has 0 saturated heterocycles. The van der Waals surface area contributed by atoms with Crippen molar-refractivity contribution >= 4 is 23.2 Å². The van der Waals surface area contributed by atoms with Crippen LogP contribution in [-0.4, -0.2) is 22.2 Å². The lowest BCUT2D eigenvalue weighted by molar-refractivity contribution is -0.119. The lowest BCUT2D eigenvalue weighted by atomic mass is 10.1. The second kappa shape index (κ2) is 6.93. The first kappa shape index (κ1) is 15.1. The number of rotatable bonds is 3. The highest BCUT2D eigenvalue weighted by Crippen LogP contribution is 2.21. The molecular weight excluding hydrogens is 288 g/mol. The van der Waals surface area contributed by atoms with Crippen LogP contribution in [-0.2, 0) is 4.79 Å². The third-order valence-electron chi connectivity index (χ3n) is 2.87. The van der Waals surface area contributed by atoms with Crippen LogP contribution in [0.25, 0.3) is 0 Å². The van der Waals surface area contributed by atoms with Gasteiger partial charge in [0.05, 0.1) is 12.2 Å². The number of amides is 1. The second-order valence-corrected chi connectivity index (χ2v) is 4.78. The van der Waals surface area contributed by atoms with Crippen LogP contribution in [0.1, 0.15) is 18.5 Å². The number of nitrogens with two attached hydrogens (primary N) is 1. The molecule has 0 aliphatic rings. The Labute approximate surface area is 128 Å². The molecule has 1 atom stereocenters. The van der Waals surface area contributed by atoms with E-state index in [1.54, 1.807) is 48.3 Å². The van der Waals surface area contributed by atoms with Crippen molar-refractivity contribution in [1.82, 2.24) is 9.78 Å². The predicted molar refractivity (Wildman–Crippen MR) is 83.0 cm³/mol. The maximum atomic E-state index is 12.2. The van der Waals surface area contributed by atoms with E-state index in [0.717, 1.165) is 0 Å². The first-order chi connectivity index (χ1) is 10.1. The molecule has 0 bridgehead atoms. The van der Waals surface area contributed by atoms with Crippen molar-refractivity contribution in [3.8, 4) is 11.8 Å². The van der Waals surface area contributed by atoms with E-state index in [4.69, 9.17) is 17.3 Å². The van der Waals surface area contributed by atoms with Gasteiger partial charge < -0.3 is 11.1 Å². The monoisotopic (exact) mass is 302 g/mol. The number of nitrogens with zero attached hydrogens (tertiary/aromatic N) is 2. The van der Waals surface area contributed by atoms with E-state index in [1.807, 2.05) is 0 Å². The van der Waals surface area contributed by atoms with Gasteiger partial charge in [-0.1, -0.05) is 23.4 Å². The summed E-state index contributed by atoms with van der Waals surface area (Å²) in [5.41, 5.74) is 6.61. The highest BCUT2D eigenvalue weighted by molar-refractivity contribution is 6.30. The van der Waals surface area contributed by atoms with E-state index in [1.165, 1.54) is 0 Å². The molecule has 0 fully saturated rings. The fourth-order valence-electron chi connectivity index (χ4n) is 1.74. The molecule has 0 aliphatic heterocycles. The lowest BCUT2D eigenvalue weighted by Crippen LogP contribution is -2.24. The largest absolute Gasteiger partial charge is 0.323 e. The number of hydrogen-bond acceptors (Lipinski definition) is 3. The molecule has 6 heteroatoms. The highest BCUT2D eigenvalue weighted by atomic mass is 35.5. The van der Waals surface area contributed by atoms with E-state index in [9.17, 15) is 4.79 Å². The average molecular weight is 303 g/mol. The Morgan fingerprint density at radius 2 is 2.38 bits per heavy atom. The van der Waals surface area contributed by atoms with Gasteiger partial charge in [0.1, 0.15) is 6.04 Å². The van der Waals surface area contributed by atoms with Crippen LogP contribution in [0.15, 0.2) is 36.7 Å². The van der Waals surface area contributed by atoms with Crippen LogP contribution >= 0.6 is 11.6 Å². The van der Waals surface area contributed by atoms with Crippen molar-refractivity contribution in [2.45, 2.75) is 13.0 Å². The van der Waals surface area contributed by atoms with Crippen molar-refractivity contribution in [3.63, 3.8) is 0 Å². The van der Waals surface area contributed by atoms with Crippen LogP contribution in [0.2, 0.25) is 5.02 Å². The summed E-state index contributed by atoms with van der Waals surface area (Å²) < 4.78 is 1.58. The number of aromatic nitrogens is 2. The predicted octanol–water partition coefficient (Wildman–Crippen LogP) is 2.05. The van der Waals surface area contributed by atoms with Crippen LogP contribution in [0.5, 0.6) is 0 Å². The molecule has 1 heterocycles. The summed E-state index contributed by atoms with van der Waals surface area (Å²) in [6.45, 7) is 2.01. The van der Waals surface area contributed by atoms with Crippen molar-refractivity contribution in [3.05, 3.63) is 47.2 Å². The first-order valence-corrected chi connectivity index (χ1v) is 6.78. The zero-order chi connectivity index (χ0) is 15.2. The second-order valence-electron chi connectivity index (χ2n) is 4.35. The molecule has 1 aromatic heterocycles. The molecule has 21 heavy (non-hydrogen) atoms. The number of halogens is 1. The van der Waals surface area contributed by atoms with E-state index in [0.29, 0.717) is 16.3 Å². The first-order valence-electron chi connectivity index (χ1n) is 6.40. The summed E-state index contributed by atoms with van der Waals surface area (Å²) in [6.07, 6.45) is 3.37. The maximum Gasteiger partial charge on any atom is 0.248 e. The molecule has 1 aromatic carbocycles. The zero-order valence-corrected chi connectivity index (χ0v) is 12.3. The molecule has 2 rings (SSSR count). The smallest absolute Gasteiger partial charge is 0.248 e. The van der Waals surface area contributed by atoms with Gasteiger partial charge in [-0.15, -0.1) is 0 Å². The summed E-state index contributed by atoms with van der Waals surface area (Å²) in [5.74, 6) is 5.47. The minimum atomic E-state index is -0.425. The van der Waals surface area contributed by atoms with Gasteiger partial charge in [0, 0.05) is 23.0 Å². The van der Waals surface area contributed by atoms with E-state index in [-0.39, 0.29) is 12.5 Å². The molecule has 1 amide bonds. The third kappa shape index (κ3) is 3.85. The Bertz CT molecular complexity index is 685. The van der Waals surface area contributed by atoms with Crippen LogP contribution in [0, 0.1) is 11.8 Å². The molecule has 2 aromatic rings. The highest BCUT2D eigenvalue weighted by Gasteiger charge is 2.16. The van der Waals surface area contributed by atoms with Crippen molar-refractivity contribution in [1.29, 1.82) is 0 Å². The Kier molecular flexibility index (Phi) is 4.99. The molecule has 1 unspecified atom stereocenters. The van der Waals surface area contributed by atoms with Gasteiger partial charge in [-0.05, 0) is 31.2 Å². The zero-order valence-electron chi connectivity index (χ0n) is 11.5. The number of anilines is 1. The minimum Gasteiger partial charge on any atom is -0.323 e. The summed E-state index contributed by atoms with van der Waals surface area (Å²) in [7, 11) is 0. The minimum absolute atomic E-state index is 0.183. The summed E-state index contributed by atoms with van der Waals surface area (Å²) in [6, 6.07) is 6.45. The van der Waals surface area contributed by atoms with Crippen molar-refractivity contribution in [2.75, 3.05) is 11.9 Å². The van der Waals surface area contributed by atoms with Crippen LogP contribution < -0.4 is 11.1 Å². The standard InChI is InChI=1S/C15H15ClN4O/c1-11(20-9-3-8-18-20)15(21)19-14-6-5-13(16)10-12(14)4-2-7-17/h3,5-6,8-11H,7,17H2,1H3,(H,19,21). The van der Waals surface area contributed by atoms with Gasteiger partial charge in [-0.2, -0.15) is 5.10 Å². The van der Waals surface area contributed by atoms with Gasteiger partial charge in [0.2, 0.25) is 5.91 Å². The molecule has 108 valence electrons. The van der Waals surface area contributed by atoms with Gasteiger partial charge in [-0.3, -0.25) is 9.48 Å². The maximum absolute atomic E-state index is 12.2. The van der Waals surface area contributed by atoms with Gasteiger partial charge >= 0.3 is 0 Å². The summed E-state index contributed by atoms with van der Waals surface area (Å²) in [4.78, 5) is 12.2. The topological polar surface area (TPSA) is 72.9 Å². The Morgan fingerprint density at radius 1 is 1.57 bits per heavy atom. The lowest BCUT2D eigenvalue weighted by Gasteiger charge is -2.14. The Hall–Kier alpha value is -2.29. The fourth-order valence-corrected chi connectivity index (χ4v) is 1.91. The molecule has 0 saturated carbocycles. The van der Waals surface area contributed by atoms with E-state index in [2.05, 4.69) is 22.3 Å². The normalized spacial score (nSPS) is 11.4. The number of nitrogens with one attached hydrogen (secondary N) is 1. The summed E-state index contributed by atoms with van der Waals surface area (Å²) >= 11 is 5.95. The van der Waals surface area contributed by atoms with E-state index >= 15 is 0 Å². The van der Waals surface area contributed by atoms with Crippen molar-refractivity contribution < 1.29 is 4.79 Å². The van der Waals surface area contributed by atoms with Gasteiger partial charge in [0.15, 0.2) is 0 Å². The van der Waals surface area contributed by atoms with Gasteiger partial charge in [0.25, 0.3) is 0 Å². The molecule has 0 radical (unpaired) electrons. The fraction of sp³-hybridized carbons (Fsp3) is 0.200. The third-order valence-corrected chi connectivity index (χ3v) is 3.10. The number of carbonyl (C=O) groups excluding carboxylic acids is 1. The van der Waals surface area contributed by atoms with Crippen LogP contribution in [0.3, 0.4) is 0 Å². The quantitative estimate of drug-likeness (QED) is 0.852. The van der Waals surface area contributed by atoms with E-state index < -0.39 is 6.04 Å². The average Bonchev–Trinajstić information content (AvgIpc) is 3.00. The SMILES string of the molecule is CC(C(=O)Nc1ccc(Cl)cc1C#CCN)n1cccn1. The molecular formula is C15H15ClN4O. The number of benzene rings is 1. The van der Waals surface area contributed by atoms with Crippen molar-refractivity contribution in [2.24, 2.45) is 5.73 Å². The molecule has 3 N–H and O–H groups in total.